The normalized spacial score (nSPS) is 9.71. The minimum atomic E-state index is -0.778. The fourth-order valence-corrected chi connectivity index (χ4v) is 1.13. The van der Waals surface area contributed by atoms with Crippen molar-refractivity contribution in [2.75, 3.05) is 30.3 Å². The van der Waals surface area contributed by atoms with Crippen molar-refractivity contribution in [1.29, 1.82) is 0 Å². The maximum absolute atomic E-state index is 10.3. The molecule has 0 aliphatic rings. The van der Waals surface area contributed by atoms with Crippen LogP contribution >= 0.6 is 0 Å². The molecule has 4 N–H and O–H groups in total. The predicted molar refractivity (Wildman–Crippen MR) is 64.8 cm³/mol. The summed E-state index contributed by atoms with van der Waals surface area (Å²) in [5.74, 6) is 1.44. The molecule has 0 unspecified atom stereocenters. The van der Waals surface area contributed by atoms with Gasteiger partial charge in [-0.25, -0.2) is 14.8 Å². The summed E-state index contributed by atoms with van der Waals surface area (Å²) >= 11 is 0. The Balaban J connectivity index is 2.34. The number of anilines is 2. The second kappa shape index (κ2) is 7.26. The quantitative estimate of drug-likeness (QED) is 0.608. The van der Waals surface area contributed by atoms with Gasteiger partial charge in [-0.05, 0) is 6.42 Å². The molecule has 7 heteroatoms. The highest BCUT2D eigenvalue weighted by molar-refractivity contribution is 5.64. The van der Waals surface area contributed by atoms with E-state index in [0.29, 0.717) is 12.4 Å². The Morgan fingerprint density at radius 1 is 1.35 bits per heavy atom. The standard InChI is InChI=1S/C10H17N5O2/c1-2-3-12-8-6-9(15-7-14-8)13-4-5-17-10(11)16/h6-7H,2-5H2,1H3,(H2,11,16)(H2,12,13,14,15). The molecule has 0 radical (unpaired) electrons. The van der Waals surface area contributed by atoms with Gasteiger partial charge in [0.25, 0.3) is 0 Å². The summed E-state index contributed by atoms with van der Waals surface area (Å²) < 4.78 is 4.58. The fourth-order valence-electron chi connectivity index (χ4n) is 1.13. The Labute approximate surface area is 99.8 Å². The number of hydrogen-bond acceptors (Lipinski definition) is 6. The van der Waals surface area contributed by atoms with Crippen LogP contribution in [0.3, 0.4) is 0 Å². The van der Waals surface area contributed by atoms with Gasteiger partial charge in [0.1, 0.15) is 24.6 Å². The Hall–Kier alpha value is -2.05. The Bertz CT molecular complexity index is 358. The summed E-state index contributed by atoms with van der Waals surface area (Å²) in [5.41, 5.74) is 4.83. The van der Waals surface area contributed by atoms with E-state index in [1.165, 1.54) is 6.33 Å². The molecule has 0 saturated heterocycles. The molecule has 0 aliphatic heterocycles. The average Bonchev–Trinajstić information content (AvgIpc) is 2.32. The number of amides is 1. The van der Waals surface area contributed by atoms with Gasteiger partial charge in [-0.2, -0.15) is 0 Å². The SMILES string of the molecule is CCCNc1cc(NCCOC(N)=O)ncn1. The van der Waals surface area contributed by atoms with Gasteiger partial charge in [0.15, 0.2) is 0 Å². The van der Waals surface area contributed by atoms with E-state index in [0.717, 1.165) is 18.8 Å². The molecule has 0 bridgehead atoms. The van der Waals surface area contributed by atoms with Crippen molar-refractivity contribution in [2.45, 2.75) is 13.3 Å². The van der Waals surface area contributed by atoms with Crippen LogP contribution in [-0.4, -0.2) is 35.8 Å². The number of aromatic nitrogens is 2. The van der Waals surface area contributed by atoms with Crippen molar-refractivity contribution in [3.63, 3.8) is 0 Å². The highest BCUT2D eigenvalue weighted by Crippen LogP contribution is 2.07. The maximum atomic E-state index is 10.3. The first-order valence-electron chi connectivity index (χ1n) is 5.44. The summed E-state index contributed by atoms with van der Waals surface area (Å²) in [6.45, 7) is 3.60. The van der Waals surface area contributed by atoms with Gasteiger partial charge in [-0.1, -0.05) is 6.92 Å². The van der Waals surface area contributed by atoms with Gasteiger partial charge in [-0.3, -0.25) is 0 Å². The van der Waals surface area contributed by atoms with Crippen LogP contribution in [0.5, 0.6) is 0 Å². The molecule has 7 nitrogen and oxygen atoms in total. The summed E-state index contributed by atoms with van der Waals surface area (Å²) in [4.78, 5) is 18.4. The molecule has 1 amide bonds. The third kappa shape index (κ3) is 5.55. The number of nitrogens with zero attached hydrogens (tertiary/aromatic N) is 2. The molecule has 0 aliphatic carbocycles. The van der Waals surface area contributed by atoms with Crippen LogP contribution in [0.1, 0.15) is 13.3 Å². The first-order valence-corrected chi connectivity index (χ1v) is 5.44. The Kier molecular flexibility index (Phi) is 5.56. The van der Waals surface area contributed by atoms with Gasteiger partial charge < -0.3 is 21.1 Å². The van der Waals surface area contributed by atoms with Crippen molar-refractivity contribution < 1.29 is 9.53 Å². The highest BCUT2D eigenvalue weighted by atomic mass is 16.5. The lowest BCUT2D eigenvalue weighted by Gasteiger charge is -2.07. The summed E-state index contributed by atoms with van der Waals surface area (Å²) in [7, 11) is 0. The monoisotopic (exact) mass is 239 g/mol. The molecule has 0 atom stereocenters. The van der Waals surface area contributed by atoms with Gasteiger partial charge in [0, 0.05) is 12.6 Å². The molecule has 0 fully saturated rings. The third-order valence-corrected chi connectivity index (χ3v) is 1.88. The van der Waals surface area contributed by atoms with Crippen molar-refractivity contribution in [3.8, 4) is 0 Å². The number of rotatable bonds is 7. The van der Waals surface area contributed by atoms with Crippen molar-refractivity contribution >= 4 is 17.7 Å². The number of hydrogen-bond donors (Lipinski definition) is 3. The Morgan fingerprint density at radius 2 is 2.00 bits per heavy atom. The number of nitrogens with one attached hydrogen (secondary N) is 2. The van der Waals surface area contributed by atoms with Gasteiger partial charge in [0.2, 0.25) is 0 Å². The Morgan fingerprint density at radius 3 is 2.59 bits per heavy atom. The van der Waals surface area contributed by atoms with E-state index in [-0.39, 0.29) is 6.61 Å². The third-order valence-electron chi connectivity index (χ3n) is 1.88. The number of carbonyl (C=O) groups excluding carboxylic acids is 1. The lowest BCUT2D eigenvalue weighted by atomic mass is 10.4. The lowest BCUT2D eigenvalue weighted by molar-refractivity contribution is 0.161. The molecule has 1 aromatic rings. The molecule has 0 saturated carbocycles. The summed E-state index contributed by atoms with van der Waals surface area (Å²) in [6.07, 6.45) is 1.72. The number of ether oxygens (including phenoxy) is 1. The van der Waals surface area contributed by atoms with E-state index in [1.54, 1.807) is 6.07 Å². The van der Waals surface area contributed by atoms with Crippen LogP contribution in [0, 0.1) is 0 Å². The zero-order valence-electron chi connectivity index (χ0n) is 9.77. The molecule has 17 heavy (non-hydrogen) atoms. The maximum Gasteiger partial charge on any atom is 0.404 e. The summed E-state index contributed by atoms with van der Waals surface area (Å²) in [5, 5.41) is 6.14. The molecular formula is C10H17N5O2. The summed E-state index contributed by atoms with van der Waals surface area (Å²) in [6, 6.07) is 1.79. The van der Waals surface area contributed by atoms with Crippen LogP contribution in [0.25, 0.3) is 0 Å². The van der Waals surface area contributed by atoms with E-state index in [4.69, 9.17) is 5.73 Å². The molecular weight excluding hydrogens is 222 g/mol. The zero-order chi connectivity index (χ0) is 12.5. The van der Waals surface area contributed by atoms with Crippen molar-refractivity contribution in [3.05, 3.63) is 12.4 Å². The van der Waals surface area contributed by atoms with Crippen LogP contribution < -0.4 is 16.4 Å². The average molecular weight is 239 g/mol. The lowest BCUT2D eigenvalue weighted by Crippen LogP contribution is -2.18. The number of nitrogens with two attached hydrogens (primary N) is 1. The second-order valence-electron chi connectivity index (χ2n) is 3.31. The van der Waals surface area contributed by atoms with Crippen LogP contribution in [0.4, 0.5) is 16.4 Å². The van der Waals surface area contributed by atoms with E-state index in [2.05, 4.69) is 32.3 Å². The van der Waals surface area contributed by atoms with Gasteiger partial charge in [0.05, 0.1) is 6.54 Å². The van der Waals surface area contributed by atoms with E-state index < -0.39 is 6.09 Å². The molecule has 1 rings (SSSR count). The van der Waals surface area contributed by atoms with E-state index >= 15 is 0 Å². The topological polar surface area (TPSA) is 102 Å². The van der Waals surface area contributed by atoms with Crippen molar-refractivity contribution in [1.82, 2.24) is 9.97 Å². The fraction of sp³-hybridized carbons (Fsp3) is 0.500. The first-order chi connectivity index (χ1) is 8.22. The largest absolute Gasteiger partial charge is 0.448 e. The first kappa shape index (κ1) is 13.0. The number of primary amides is 1. The highest BCUT2D eigenvalue weighted by Gasteiger charge is 1.98. The number of carbonyl (C=O) groups is 1. The second-order valence-corrected chi connectivity index (χ2v) is 3.31. The minimum absolute atomic E-state index is 0.205. The minimum Gasteiger partial charge on any atom is -0.448 e. The van der Waals surface area contributed by atoms with Crippen LogP contribution in [0.2, 0.25) is 0 Å². The zero-order valence-corrected chi connectivity index (χ0v) is 9.77. The van der Waals surface area contributed by atoms with E-state index in [1.807, 2.05) is 0 Å². The molecule has 1 aromatic heterocycles. The predicted octanol–water partition coefficient (Wildman–Crippen LogP) is 0.806. The molecule has 0 aromatic carbocycles. The van der Waals surface area contributed by atoms with Crippen molar-refractivity contribution in [2.24, 2.45) is 5.73 Å². The van der Waals surface area contributed by atoms with Gasteiger partial charge >= 0.3 is 6.09 Å². The smallest absolute Gasteiger partial charge is 0.404 e. The van der Waals surface area contributed by atoms with E-state index in [9.17, 15) is 4.79 Å². The van der Waals surface area contributed by atoms with Gasteiger partial charge in [-0.15, -0.1) is 0 Å². The molecule has 0 spiro atoms. The molecule has 1 heterocycles. The molecule has 94 valence electrons. The van der Waals surface area contributed by atoms with Crippen LogP contribution in [-0.2, 0) is 4.74 Å². The van der Waals surface area contributed by atoms with Crippen LogP contribution in [0.15, 0.2) is 12.4 Å².